The summed E-state index contributed by atoms with van der Waals surface area (Å²) in [6.45, 7) is 7.66. The Kier molecular flexibility index (Phi) is 6.54. The molecular weight excluding hydrogens is 310 g/mol. The zero-order valence-corrected chi connectivity index (χ0v) is 14.8. The number of nitrogens with zero attached hydrogens (tertiary/aromatic N) is 3. The van der Waals surface area contributed by atoms with Crippen LogP contribution in [0.25, 0.3) is 11.0 Å². The summed E-state index contributed by atoms with van der Waals surface area (Å²) in [5.41, 5.74) is 1.69. The summed E-state index contributed by atoms with van der Waals surface area (Å²) in [4.78, 5) is 16.8. The predicted molar refractivity (Wildman–Crippen MR) is 90.5 cm³/mol. The van der Waals surface area contributed by atoms with E-state index < -0.39 is 5.97 Å². The number of pyridine rings is 1. The van der Waals surface area contributed by atoms with Gasteiger partial charge in [0.2, 0.25) is 0 Å². The number of esters is 1. The van der Waals surface area contributed by atoms with Gasteiger partial charge in [-0.15, -0.1) is 0 Å². The van der Waals surface area contributed by atoms with Crippen LogP contribution in [0.4, 0.5) is 0 Å². The standard InChI is InChI=1S/C17H25N3O4/c1-5-23-15-13-11-18-20(9-7-8-10-22-4)16(13)19-12(3)14(15)17(21)24-6-2/h11H,5-10H2,1-4H3. The van der Waals surface area contributed by atoms with Crippen molar-refractivity contribution in [3.05, 3.63) is 17.5 Å². The number of unbranched alkanes of at least 4 members (excludes halogenated alkanes) is 1. The van der Waals surface area contributed by atoms with Gasteiger partial charge in [-0.25, -0.2) is 14.5 Å². The Balaban J connectivity index is 2.41. The summed E-state index contributed by atoms with van der Waals surface area (Å²) in [6.07, 6.45) is 3.59. The number of fused-ring (bicyclic) bond motifs is 1. The SMILES string of the molecule is CCOC(=O)c1c(C)nc2c(cnn2CCCCOC)c1OCC. The summed E-state index contributed by atoms with van der Waals surface area (Å²) in [7, 11) is 1.69. The largest absolute Gasteiger partial charge is 0.492 e. The van der Waals surface area contributed by atoms with E-state index >= 15 is 0 Å². The molecule has 0 aliphatic heterocycles. The van der Waals surface area contributed by atoms with E-state index in [-0.39, 0.29) is 0 Å². The molecule has 2 heterocycles. The van der Waals surface area contributed by atoms with E-state index in [1.165, 1.54) is 0 Å². The van der Waals surface area contributed by atoms with Gasteiger partial charge in [0.05, 0.1) is 30.5 Å². The van der Waals surface area contributed by atoms with Crippen LogP contribution in [0.2, 0.25) is 0 Å². The van der Waals surface area contributed by atoms with Gasteiger partial charge in [-0.05, 0) is 33.6 Å². The van der Waals surface area contributed by atoms with Gasteiger partial charge in [-0.2, -0.15) is 5.10 Å². The van der Waals surface area contributed by atoms with Crippen molar-refractivity contribution in [2.24, 2.45) is 0 Å². The maximum absolute atomic E-state index is 12.3. The number of hydrogen-bond acceptors (Lipinski definition) is 6. The predicted octanol–water partition coefficient (Wildman–Crippen LogP) is 2.74. The van der Waals surface area contributed by atoms with Crippen molar-refractivity contribution in [2.75, 3.05) is 26.9 Å². The molecule has 7 nitrogen and oxygen atoms in total. The van der Waals surface area contributed by atoms with Crippen LogP contribution in [0.5, 0.6) is 5.75 Å². The molecule has 0 unspecified atom stereocenters. The molecule has 0 saturated heterocycles. The molecule has 0 aliphatic rings. The van der Waals surface area contributed by atoms with Crippen LogP contribution in [0.3, 0.4) is 0 Å². The number of carbonyl (C=O) groups excluding carboxylic acids is 1. The van der Waals surface area contributed by atoms with Crippen molar-refractivity contribution in [1.82, 2.24) is 14.8 Å². The first kappa shape index (κ1) is 18.2. The van der Waals surface area contributed by atoms with Gasteiger partial charge in [0, 0.05) is 20.3 Å². The second-order valence-corrected chi connectivity index (χ2v) is 5.36. The molecule has 0 spiro atoms. The van der Waals surface area contributed by atoms with Crippen LogP contribution in [-0.2, 0) is 16.0 Å². The monoisotopic (exact) mass is 335 g/mol. The van der Waals surface area contributed by atoms with E-state index in [1.807, 2.05) is 11.6 Å². The van der Waals surface area contributed by atoms with Gasteiger partial charge in [0.25, 0.3) is 0 Å². The van der Waals surface area contributed by atoms with Crippen LogP contribution in [0.1, 0.15) is 42.7 Å². The highest BCUT2D eigenvalue weighted by atomic mass is 16.5. The van der Waals surface area contributed by atoms with Crippen molar-refractivity contribution in [1.29, 1.82) is 0 Å². The maximum Gasteiger partial charge on any atom is 0.343 e. The highest BCUT2D eigenvalue weighted by Gasteiger charge is 2.23. The molecule has 0 N–H and O–H groups in total. The summed E-state index contributed by atoms with van der Waals surface area (Å²) in [5.74, 6) is 0.0855. The van der Waals surface area contributed by atoms with E-state index in [0.29, 0.717) is 30.2 Å². The molecule has 0 bridgehead atoms. The van der Waals surface area contributed by atoms with E-state index in [9.17, 15) is 4.79 Å². The molecule has 7 heteroatoms. The third kappa shape index (κ3) is 3.84. The van der Waals surface area contributed by atoms with Crippen LogP contribution >= 0.6 is 0 Å². The molecule has 0 radical (unpaired) electrons. The van der Waals surface area contributed by atoms with Gasteiger partial charge < -0.3 is 14.2 Å². The average molecular weight is 335 g/mol. The van der Waals surface area contributed by atoms with Gasteiger partial charge in [-0.1, -0.05) is 0 Å². The van der Waals surface area contributed by atoms with Crippen LogP contribution < -0.4 is 4.74 Å². The minimum atomic E-state index is -0.416. The fraction of sp³-hybridized carbons (Fsp3) is 0.588. The van der Waals surface area contributed by atoms with E-state index in [4.69, 9.17) is 14.2 Å². The second kappa shape index (κ2) is 8.63. The quantitative estimate of drug-likeness (QED) is 0.518. The molecule has 2 rings (SSSR count). The lowest BCUT2D eigenvalue weighted by Gasteiger charge is -2.13. The zero-order chi connectivity index (χ0) is 17.5. The van der Waals surface area contributed by atoms with Crippen molar-refractivity contribution in [3.63, 3.8) is 0 Å². The van der Waals surface area contributed by atoms with E-state index in [0.717, 1.165) is 37.0 Å². The molecule has 0 atom stereocenters. The third-order valence-electron chi connectivity index (χ3n) is 3.66. The maximum atomic E-state index is 12.3. The first-order valence-electron chi connectivity index (χ1n) is 8.28. The molecule has 132 valence electrons. The lowest BCUT2D eigenvalue weighted by atomic mass is 10.1. The summed E-state index contributed by atoms with van der Waals surface area (Å²) in [6, 6.07) is 0. The normalized spacial score (nSPS) is 11.0. The first-order chi connectivity index (χ1) is 11.6. The first-order valence-corrected chi connectivity index (χ1v) is 8.28. The number of carbonyl (C=O) groups is 1. The van der Waals surface area contributed by atoms with Crippen LogP contribution in [-0.4, -0.2) is 47.7 Å². The molecular formula is C17H25N3O4. The van der Waals surface area contributed by atoms with Crippen molar-refractivity contribution in [3.8, 4) is 5.75 Å². The number of ether oxygens (including phenoxy) is 3. The minimum absolute atomic E-state index is 0.306. The summed E-state index contributed by atoms with van der Waals surface area (Å²) in [5, 5.41) is 5.14. The minimum Gasteiger partial charge on any atom is -0.492 e. The Morgan fingerprint density at radius 2 is 2.04 bits per heavy atom. The van der Waals surface area contributed by atoms with E-state index in [1.54, 1.807) is 27.2 Å². The van der Waals surface area contributed by atoms with Crippen LogP contribution in [0.15, 0.2) is 6.20 Å². The fourth-order valence-electron chi connectivity index (χ4n) is 2.58. The van der Waals surface area contributed by atoms with Crippen molar-refractivity contribution >= 4 is 17.0 Å². The lowest BCUT2D eigenvalue weighted by molar-refractivity contribution is 0.0521. The number of rotatable bonds is 9. The summed E-state index contributed by atoms with van der Waals surface area (Å²) >= 11 is 0. The Hall–Kier alpha value is -2.15. The second-order valence-electron chi connectivity index (χ2n) is 5.36. The van der Waals surface area contributed by atoms with Gasteiger partial charge in [0.15, 0.2) is 5.65 Å². The number of aromatic nitrogens is 3. The molecule has 0 aromatic carbocycles. The fourth-order valence-corrected chi connectivity index (χ4v) is 2.58. The molecule has 2 aromatic heterocycles. The Bertz CT molecular complexity index is 697. The van der Waals surface area contributed by atoms with Crippen LogP contribution in [0, 0.1) is 6.92 Å². The van der Waals surface area contributed by atoms with Crippen molar-refractivity contribution in [2.45, 2.75) is 40.2 Å². The molecule has 2 aromatic rings. The Labute approximate surface area is 141 Å². The third-order valence-corrected chi connectivity index (χ3v) is 3.66. The topological polar surface area (TPSA) is 75.5 Å². The number of hydrogen-bond donors (Lipinski definition) is 0. The molecule has 24 heavy (non-hydrogen) atoms. The van der Waals surface area contributed by atoms with Gasteiger partial charge in [0.1, 0.15) is 11.3 Å². The molecule has 0 aliphatic carbocycles. The molecule has 0 amide bonds. The van der Waals surface area contributed by atoms with Gasteiger partial charge >= 0.3 is 5.97 Å². The smallest absolute Gasteiger partial charge is 0.343 e. The average Bonchev–Trinajstić information content (AvgIpc) is 2.95. The highest BCUT2D eigenvalue weighted by molar-refractivity contribution is 6.00. The Morgan fingerprint density at radius 1 is 1.25 bits per heavy atom. The number of aryl methyl sites for hydroxylation is 2. The van der Waals surface area contributed by atoms with E-state index in [2.05, 4.69) is 10.1 Å². The molecule has 0 fully saturated rings. The highest BCUT2D eigenvalue weighted by Crippen LogP contribution is 2.31. The molecule has 0 saturated carbocycles. The zero-order valence-electron chi connectivity index (χ0n) is 14.8. The van der Waals surface area contributed by atoms with Crippen molar-refractivity contribution < 1.29 is 19.0 Å². The lowest BCUT2D eigenvalue weighted by Crippen LogP contribution is -2.12. The summed E-state index contributed by atoms with van der Waals surface area (Å²) < 4.78 is 17.8. The Morgan fingerprint density at radius 3 is 2.71 bits per heavy atom. The van der Waals surface area contributed by atoms with Gasteiger partial charge in [-0.3, -0.25) is 0 Å². The number of methoxy groups -OCH3 is 1.